The zero-order valence-electron chi connectivity index (χ0n) is 55.7. The minimum atomic E-state index is -0.772. The summed E-state index contributed by atoms with van der Waals surface area (Å²) < 4.78 is 17.0. The molecule has 83 heavy (non-hydrogen) atoms. The molecule has 0 amide bonds. The van der Waals surface area contributed by atoms with Gasteiger partial charge in [0.05, 0.1) is 0 Å². The first-order valence-corrected chi connectivity index (χ1v) is 36.8. The molecule has 0 aromatic rings. The van der Waals surface area contributed by atoms with E-state index in [0.717, 1.165) is 83.5 Å². The fourth-order valence-corrected chi connectivity index (χ4v) is 11.0. The summed E-state index contributed by atoms with van der Waals surface area (Å²) in [6.07, 6.45) is 92.6. The highest BCUT2D eigenvalue weighted by molar-refractivity contribution is 5.71. The maximum atomic E-state index is 13.0. The van der Waals surface area contributed by atoms with Crippen molar-refractivity contribution < 1.29 is 28.6 Å². The average molecular weight is 1160 g/mol. The van der Waals surface area contributed by atoms with E-state index in [1.54, 1.807) is 0 Å². The van der Waals surface area contributed by atoms with Crippen molar-refractivity contribution in [1.29, 1.82) is 0 Å². The first kappa shape index (κ1) is 80.1. The number of hydrogen-bond acceptors (Lipinski definition) is 6. The lowest BCUT2D eigenvalue weighted by Gasteiger charge is -2.18. The minimum absolute atomic E-state index is 0.0681. The van der Waals surface area contributed by atoms with Crippen LogP contribution < -0.4 is 0 Å². The first-order valence-electron chi connectivity index (χ1n) is 36.8. The fourth-order valence-electron chi connectivity index (χ4n) is 11.0. The standard InChI is InChI=1S/C77H140O6/c1-4-7-10-13-16-19-22-25-27-29-31-33-35-36-37-38-39-40-42-43-45-47-49-52-55-58-61-64-67-70-76(79)82-73-74(72-81-75(78)69-66-63-60-57-54-51-24-21-18-15-12-9-6-3)83-77(80)71-68-65-62-59-56-53-50-48-46-44-41-34-32-30-28-26-23-20-17-14-11-8-5-2/h7,10,16,19,25,27,30-33,74H,4-6,8-9,11-15,17-18,20-24,26,28-29,34-73H2,1-3H3/b10-7-,19-16-,27-25-,32-30-,33-31-. The fraction of sp³-hybridized carbons (Fsp3) is 0.831. The number of carbonyl (C=O) groups is 3. The van der Waals surface area contributed by atoms with Crippen LogP contribution in [-0.2, 0) is 28.6 Å². The quantitative estimate of drug-likeness (QED) is 0.0261. The summed E-state index contributed by atoms with van der Waals surface area (Å²) in [4.78, 5) is 38.5. The van der Waals surface area contributed by atoms with Gasteiger partial charge in [-0.15, -0.1) is 0 Å². The van der Waals surface area contributed by atoms with Gasteiger partial charge in [0.1, 0.15) is 13.2 Å². The number of esters is 3. The molecular formula is C77H140O6. The topological polar surface area (TPSA) is 78.9 Å². The first-order chi connectivity index (χ1) is 41.0. The van der Waals surface area contributed by atoms with Crippen LogP contribution in [0.2, 0.25) is 0 Å². The van der Waals surface area contributed by atoms with Crippen molar-refractivity contribution in [3.05, 3.63) is 60.8 Å². The Morgan fingerprint density at radius 3 is 0.747 bits per heavy atom. The second-order valence-electron chi connectivity index (χ2n) is 24.8. The molecular weight excluding hydrogens is 1020 g/mol. The van der Waals surface area contributed by atoms with Crippen molar-refractivity contribution in [2.24, 2.45) is 0 Å². The molecule has 0 rings (SSSR count). The third-order valence-corrected chi connectivity index (χ3v) is 16.5. The van der Waals surface area contributed by atoms with Crippen molar-refractivity contribution in [2.45, 2.75) is 399 Å². The number of ether oxygens (including phenoxy) is 3. The molecule has 0 aliphatic carbocycles. The van der Waals surface area contributed by atoms with Gasteiger partial charge in [-0.1, -0.05) is 351 Å². The molecule has 0 saturated carbocycles. The predicted octanol–water partition coefficient (Wildman–Crippen LogP) is 25.5. The number of rotatable bonds is 68. The molecule has 1 unspecified atom stereocenters. The predicted molar refractivity (Wildman–Crippen MR) is 362 cm³/mol. The maximum absolute atomic E-state index is 13.0. The summed E-state index contributed by atoms with van der Waals surface area (Å²) in [7, 11) is 0. The lowest BCUT2D eigenvalue weighted by atomic mass is 10.0. The van der Waals surface area contributed by atoms with Crippen LogP contribution in [0.1, 0.15) is 393 Å². The van der Waals surface area contributed by atoms with Crippen molar-refractivity contribution in [3.63, 3.8) is 0 Å². The molecule has 0 radical (unpaired) electrons. The van der Waals surface area contributed by atoms with E-state index in [9.17, 15) is 14.4 Å². The average Bonchev–Trinajstić information content (AvgIpc) is 3.49. The Morgan fingerprint density at radius 1 is 0.253 bits per heavy atom. The van der Waals surface area contributed by atoms with Gasteiger partial charge in [-0.25, -0.2) is 0 Å². The Balaban J connectivity index is 4.21. The molecule has 0 heterocycles. The molecule has 0 aliphatic rings. The molecule has 0 N–H and O–H groups in total. The summed E-state index contributed by atoms with van der Waals surface area (Å²) in [5.41, 5.74) is 0. The molecule has 0 saturated heterocycles. The van der Waals surface area contributed by atoms with Gasteiger partial charge in [0.2, 0.25) is 0 Å². The number of carbonyl (C=O) groups excluding carboxylic acids is 3. The van der Waals surface area contributed by atoms with Crippen LogP contribution in [0.5, 0.6) is 0 Å². The van der Waals surface area contributed by atoms with Gasteiger partial charge < -0.3 is 14.2 Å². The molecule has 0 aromatic heterocycles. The lowest BCUT2D eigenvalue weighted by molar-refractivity contribution is -0.167. The minimum Gasteiger partial charge on any atom is -0.462 e. The van der Waals surface area contributed by atoms with Crippen LogP contribution in [0.25, 0.3) is 0 Å². The van der Waals surface area contributed by atoms with Crippen molar-refractivity contribution in [2.75, 3.05) is 13.2 Å². The Kier molecular flexibility index (Phi) is 69.1. The van der Waals surface area contributed by atoms with Crippen LogP contribution >= 0.6 is 0 Å². The van der Waals surface area contributed by atoms with Gasteiger partial charge >= 0.3 is 17.9 Å². The van der Waals surface area contributed by atoms with Crippen molar-refractivity contribution in [1.82, 2.24) is 0 Å². The number of hydrogen-bond donors (Lipinski definition) is 0. The van der Waals surface area contributed by atoms with Crippen LogP contribution in [0, 0.1) is 0 Å². The van der Waals surface area contributed by atoms with E-state index in [2.05, 4.69) is 81.5 Å². The van der Waals surface area contributed by atoms with E-state index >= 15 is 0 Å². The summed E-state index contributed by atoms with van der Waals surface area (Å²) in [5.74, 6) is -0.841. The van der Waals surface area contributed by atoms with Gasteiger partial charge in [-0.05, 0) is 83.5 Å². The number of unbranched alkanes of at least 4 members (excludes halogenated alkanes) is 47. The highest BCUT2D eigenvalue weighted by Gasteiger charge is 2.19. The van der Waals surface area contributed by atoms with Crippen LogP contribution in [0.3, 0.4) is 0 Å². The normalized spacial score (nSPS) is 12.4. The second-order valence-corrected chi connectivity index (χ2v) is 24.8. The lowest BCUT2D eigenvalue weighted by Crippen LogP contribution is -2.30. The molecule has 0 bridgehead atoms. The van der Waals surface area contributed by atoms with E-state index < -0.39 is 6.10 Å². The van der Waals surface area contributed by atoms with Crippen LogP contribution in [0.15, 0.2) is 60.8 Å². The van der Waals surface area contributed by atoms with Gasteiger partial charge in [-0.3, -0.25) is 14.4 Å². The number of allylic oxidation sites excluding steroid dienone is 10. The maximum Gasteiger partial charge on any atom is 0.306 e. The van der Waals surface area contributed by atoms with Crippen LogP contribution in [0.4, 0.5) is 0 Å². The van der Waals surface area contributed by atoms with E-state index in [4.69, 9.17) is 14.2 Å². The highest BCUT2D eigenvalue weighted by Crippen LogP contribution is 2.18. The summed E-state index contributed by atoms with van der Waals surface area (Å²) in [5, 5.41) is 0. The monoisotopic (exact) mass is 1160 g/mol. The van der Waals surface area contributed by atoms with E-state index in [1.807, 2.05) is 0 Å². The molecule has 0 aliphatic heterocycles. The van der Waals surface area contributed by atoms with E-state index in [0.29, 0.717) is 19.3 Å². The molecule has 6 nitrogen and oxygen atoms in total. The summed E-state index contributed by atoms with van der Waals surface area (Å²) in [6, 6.07) is 0. The highest BCUT2D eigenvalue weighted by atomic mass is 16.6. The van der Waals surface area contributed by atoms with Gasteiger partial charge in [0.25, 0.3) is 0 Å². The zero-order valence-corrected chi connectivity index (χ0v) is 55.7. The molecule has 6 heteroatoms. The summed E-state index contributed by atoms with van der Waals surface area (Å²) >= 11 is 0. The van der Waals surface area contributed by atoms with E-state index in [1.165, 1.54) is 270 Å². The summed E-state index contributed by atoms with van der Waals surface area (Å²) in [6.45, 7) is 6.60. The molecule has 0 aromatic carbocycles. The Labute approximate surface area is 517 Å². The third kappa shape index (κ3) is 69.8. The SMILES string of the molecule is CC/C=C\C/C=C\C/C=C\C/C=C\CCCCCCCCCCCCCCCCCCC(=O)OCC(COC(=O)CCCCCCCCCCCCCCC)OC(=O)CCCCCCCCCCCCC/C=C\CCCCCCCCCC. The molecule has 0 fully saturated rings. The smallest absolute Gasteiger partial charge is 0.306 e. The second kappa shape index (κ2) is 71.6. The zero-order chi connectivity index (χ0) is 59.9. The molecule has 0 spiro atoms. The van der Waals surface area contributed by atoms with E-state index in [-0.39, 0.29) is 31.1 Å². The Bertz CT molecular complexity index is 1470. The van der Waals surface area contributed by atoms with Gasteiger partial charge in [0, 0.05) is 19.3 Å². The van der Waals surface area contributed by atoms with Gasteiger partial charge in [-0.2, -0.15) is 0 Å². The Hall–Kier alpha value is -2.89. The largest absolute Gasteiger partial charge is 0.462 e. The van der Waals surface area contributed by atoms with Crippen LogP contribution in [-0.4, -0.2) is 37.2 Å². The third-order valence-electron chi connectivity index (χ3n) is 16.5. The molecule has 484 valence electrons. The molecule has 1 atom stereocenters. The van der Waals surface area contributed by atoms with Gasteiger partial charge in [0.15, 0.2) is 6.10 Å². The van der Waals surface area contributed by atoms with Crippen molar-refractivity contribution >= 4 is 17.9 Å². The Morgan fingerprint density at radius 2 is 0.470 bits per heavy atom. The van der Waals surface area contributed by atoms with Crippen molar-refractivity contribution in [3.8, 4) is 0 Å².